The van der Waals surface area contributed by atoms with Gasteiger partial charge in [-0.1, -0.05) is 18.2 Å². The molecule has 5 rings (SSSR count). The lowest BCUT2D eigenvalue weighted by molar-refractivity contribution is -0.113. The number of fused-ring (bicyclic) bond motifs is 1. The topological polar surface area (TPSA) is 107 Å². The first kappa shape index (κ1) is 19.6. The van der Waals surface area contributed by atoms with Gasteiger partial charge in [0.1, 0.15) is 11.8 Å². The highest BCUT2D eigenvalue weighted by Crippen LogP contribution is 2.36. The number of nitrogens with zero attached hydrogens (tertiary/aromatic N) is 4. The van der Waals surface area contributed by atoms with Crippen molar-refractivity contribution in [2.24, 2.45) is 0 Å². The zero-order chi connectivity index (χ0) is 22.1. The zero-order valence-electron chi connectivity index (χ0n) is 17.4. The molecule has 3 aromatic heterocycles. The highest BCUT2D eigenvalue weighted by molar-refractivity contribution is 6.06. The van der Waals surface area contributed by atoms with Crippen LogP contribution in [0.2, 0.25) is 0 Å². The van der Waals surface area contributed by atoms with Crippen LogP contribution in [-0.2, 0) is 4.79 Å². The zero-order valence-corrected chi connectivity index (χ0v) is 17.4. The fraction of sp³-hybridized carbons (Fsp3) is 0.130. The van der Waals surface area contributed by atoms with Gasteiger partial charge in [-0.2, -0.15) is 4.98 Å². The number of anilines is 2. The van der Waals surface area contributed by atoms with E-state index >= 15 is 0 Å². The molecular weight excluding hydrogens is 408 g/mol. The molecule has 4 aromatic rings. The van der Waals surface area contributed by atoms with E-state index in [0.29, 0.717) is 45.9 Å². The molecule has 0 fully saturated rings. The highest BCUT2D eigenvalue weighted by Gasteiger charge is 2.35. The van der Waals surface area contributed by atoms with Crippen LogP contribution in [0.1, 0.15) is 18.7 Å². The molecule has 0 radical (unpaired) electrons. The number of rotatable bonds is 5. The van der Waals surface area contributed by atoms with Gasteiger partial charge in [0.15, 0.2) is 5.76 Å². The number of benzene rings is 1. The number of hydrogen-bond donors (Lipinski definition) is 2. The van der Waals surface area contributed by atoms with Crippen molar-refractivity contribution in [3.8, 4) is 17.3 Å². The highest BCUT2D eigenvalue weighted by atomic mass is 16.5. The van der Waals surface area contributed by atoms with Gasteiger partial charge in [-0.05, 0) is 43.3 Å². The molecular formula is C23H20N6O3. The van der Waals surface area contributed by atoms with Gasteiger partial charge in [0, 0.05) is 11.9 Å². The van der Waals surface area contributed by atoms with Crippen molar-refractivity contribution in [1.82, 2.24) is 19.7 Å². The summed E-state index contributed by atoms with van der Waals surface area (Å²) in [5.74, 6) is 1.72. The van der Waals surface area contributed by atoms with Gasteiger partial charge < -0.3 is 19.8 Å². The lowest BCUT2D eigenvalue weighted by atomic mass is 9.98. The molecule has 2 N–H and O–H groups in total. The van der Waals surface area contributed by atoms with E-state index in [9.17, 15) is 4.79 Å². The summed E-state index contributed by atoms with van der Waals surface area (Å²) in [6.45, 7) is 1.83. The minimum absolute atomic E-state index is 0.296. The minimum atomic E-state index is -0.585. The Bertz CT molecular complexity index is 1290. The van der Waals surface area contributed by atoms with Crippen molar-refractivity contribution < 1.29 is 13.9 Å². The fourth-order valence-electron chi connectivity index (χ4n) is 3.70. The molecule has 1 amide bonds. The maximum absolute atomic E-state index is 13.5. The predicted molar refractivity (Wildman–Crippen MR) is 118 cm³/mol. The molecule has 160 valence electrons. The molecule has 4 heterocycles. The van der Waals surface area contributed by atoms with Crippen molar-refractivity contribution in [3.63, 3.8) is 0 Å². The Morgan fingerprint density at radius 3 is 2.75 bits per heavy atom. The average Bonchev–Trinajstić information content (AvgIpc) is 3.49. The molecule has 0 saturated heterocycles. The first-order valence-corrected chi connectivity index (χ1v) is 9.99. The second-order valence-corrected chi connectivity index (χ2v) is 7.16. The third kappa shape index (κ3) is 3.39. The van der Waals surface area contributed by atoms with Gasteiger partial charge in [-0.15, -0.1) is 5.10 Å². The summed E-state index contributed by atoms with van der Waals surface area (Å²) in [4.78, 5) is 22.6. The summed E-state index contributed by atoms with van der Waals surface area (Å²) >= 11 is 0. The third-order valence-corrected chi connectivity index (χ3v) is 5.16. The van der Waals surface area contributed by atoms with Crippen LogP contribution >= 0.6 is 0 Å². The Labute approximate surface area is 183 Å². The van der Waals surface area contributed by atoms with E-state index in [-0.39, 0.29) is 5.91 Å². The van der Waals surface area contributed by atoms with Crippen molar-refractivity contribution in [2.45, 2.75) is 13.0 Å². The van der Waals surface area contributed by atoms with Gasteiger partial charge in [0.05, 0.1) is 30.3 Å². The molecule has 9 nitrogen and oxygen atoms in total. The molecule has 1 aliphatic rings. The number of pyridine rings is 1. The lowest BCUT2D eigenvalue weighted by Crippen LogP contribution is -2.32. The van der Waals surface area contributed by atoms with Crippen LogP contribution < -0.4 is 15.4 Å². The average molecular weight is 428 g/mol. The molecule has 0 aliphatic carbocycles. The SMILES string of the molecule is COc1ccccc1NC(=O)C1=C(C)Nc2nc(-c3ccco3)nn2C1c1ccccn1. The number of furan rings is 1. The van der Waals surface area contributed by atoms with E-state index in [2.05, 4.69) is 25.7 Å². The summed E-state index contributed by atoms with van der Waals surface area (Å²) in [5.41, 5.74) is 2.35. The smallest absolute Gasteiger partial charge is 0.256 e. The van der Waals surface area contributed by atoms with Crippen LogP contribution in [0.4, 0.5) is 11.6 Å². The normalized spacial score (nSPS) is 15.1. The predicted octanol–water partition coefficient (Wildman–Crippen LogP) is 3.87. The molecule has 1 atom stereocenters. The van der Waals surface area contributed by atoms with E-state index in [0.717, 1.165) is 0 Å². The van der Waals surface area contributed by atoms with Crippen LogP contribution in [0.5, 0.6) is 5.75 Å². The number of carbonyl (C=O) groups excluding carboxylic acids is 1. The van der Waals surface area contributed by atoms with E-state index in [4.69, 9.17) is 9.15 Å². The van der Waals surface area contributed by atoms with Crippen LogP contribution in [0.25, 0.3) is 11.6 Å². The maximum atomic E-state index is 13.5. The van der Waals surface area contributed by atoms with E-state index in [1.807, 2.05) is 37.3 Å². The summed E-state index contributed by atoms with van der Waals surface area (Å²) in [5, 5.41) is 10.8. The fourth-order valence-corrected chi connectivity index (χ4v) is 3.70. The van der Waals surface area contributed by atoms with Crippen LogP contribution in [0.3, 0.4) is 0 Å². The van der Waals surface area contributed by atoms with Crippen molar-refractivity contribution >= 4 is 17.5 Å². The first-order chi connectivity index (χ1) is 15.7. The first-order valence-electron chi connectivity index (χ1n) is 9.99. The molecule has 0 bridgehead atoms. The van der Waals surface area contributed by atoms with E-state index in [1.54, 1.807) is 48.5 Å². The van der Waals surface area contributed by atoms with E-state index in [1.165, 1.54) is 0 Å². The van der Waals surface area contributed by atoms with Crippen LogP contribution in [0.15, 0.2) is 82.7 Å². The molecule has 0 saturated carbocycles. The summed E-state index contributed by atoms with van der Waals surface area (Å²) in [7, 11) is 1.56. The van der Waals surface area contributed by atoms with E-state index < -0.39 is 6.04 Å². The molecule has 32 heavy (non-hydrogen) atoms. The number of para-hydroxylation sites is 2. The van der Waals surface area contributed by atoms with Gasteiger partial charge in [-0.25, -0.2) is 4.68 Å². The number of nitrogens with one attached hydrogen (secondary N) is 2. The van der Waals surface area contributed by atoms with Crippen molar-refractivity contribution in [2.75, 3.05) is 17.7 Å². The number of allylic oxidation sites excluding steroid dienone is 1. The molecule has 0 spiro atoms. The molecule has 1 aromatic carbocycles. The van der Waals surface area contributed by atoms with Crippen molar-refractivity contribution in [3.05, 3.63) is 84.0 Å². The van der Waals surface area contributed by atoms with Gasteiger partial charge in [-0.3, -0.25) is 9.78 Å². The molecule has 9 heteroatoms. The quantitative estimate of drug-likeness (QED) is 0.497. The number of amides is 1. The Kier molecular flexibility index (Phi) is 4.91. The number of methoxy groups -OCH3 is 1. The Morgan fingerprint density at radius 2 is 2.00 bits per heavy atom. The Morgan fingerprint density at radius 1 is 1.16 bits per heavy atom. The van der Waals surface area contributed by atoms with Gasteiger partial charge in [0.2, 0.25) is 11.8 Å². The number of carbonyl (C=O) groups is 1. The summed E-state index contributed by atoms with van der Waals surface area (Å²) in [6, 6.07) is 15.8. The Hall–Kier alpha value is -4.40. The summed E-state index contributed by atoms with van der Waals surface area (Å²) in [6.07, 6.45) is 3.25. The largest absolute Gasteiger partial charge is 0.495 e. The maximum Gasteiger partial charge on any atom is 0.256 e. The molecule has 1 aliphatic heterocycles. The second kappa shape index (κ2) is 8.03. The van der Waals surface area contributed by atoms with Crippen LogP contribution in [0, 0.1) is 0 Å². The third-order valence-electron chi connectivity index (χ3n) is 5.16. The number of hydrogen-bond acceptors (Lipinski definition) is 7. The second-order valence-electron chi connectivity index (χ2n) is 7.16. The lowest BCUT2D eigenvalue weighted by Gasteiger charge is -2.28. The molecule has 1 unspecified atom stereocenters. The number of aromatic nitrogens is 4. The standard InChI is InChI=1S/C23H20N6O3/c1-14-19(22(30)26-15-8-3-4-10-17(15)31-2)20(16-9-5-6-12-24-16)29-23(25-14)27-21(28-29)18-11-7-13-32-18/h3-13,20H,1-2H3,(H,26,30)(H,25,27,28). The van der Waals surface area contributed by atoms with Crippen LogP contribution in [-0.4, -0.2) is 32.8 Å². The van der Waals surface area contributed by atoms with Crippen molar-refractivity contribution in [1.29, 1.82) is 0 Å². The van der Waals surface area contributed by atoms with Gasteiger partial charge >= 0.3 is 0 Å². The minimum Gasteiger partial charge on any atom is -0.495 e. The Balaban J connectivity index is 1.59. The van der Waals surface area contributed by atoms with Gasteiger partial charge in [0.25, 0.3) is 5.91 Å². The number of ether oxygens (including phenoxy) is 1. The summed E-state index contributed by atoms with van der Waals surface area (Å²) < 4.78 is 12.5. The monoisotopic (exact) mass is 428 g/mol.